The van der Waals surface area contributed by atoms with Crippen LogP contribution in [-0.2, 0) is 24.1 Å². The molecule has 2 aromatic carbocycles. The van der Waals surface area contributed by atoms with Crippen molar-refractivity contribution >= 4 is 12.0 Å². The van der Waals surface area contributed by atoms with Crippen molar-refractivity contribution in [3.05, 3.63) is 58.3 Å². The molecule has 0 fully saturated rings. The van der Waals surface area contributed by atoms with Crippen molar-refractivity contribution in [1.82, 2.24) is 9.80 Å². The number of hydrogen-bond donors (Lipinski definition) is 0. The van der Waals surface area contributed by atoms with Crippen LogP contribution in [0.25, 0.3) is 6.08 Å². The number of benzene rings is 2. The molecular formula is C27H36N2O4. The minimum Gasteiger partial charge on any atom is -0.496 e. The summed E-state index contributed by atoms with van der Waals surface area (Å²) in [7, 11) is 9.10. The second-order valence-electron chi connectivity index (χ2n) is 8.73. The highest BCUT2D eigenvalue weighted by Crippen LogP contribution is 2.35. The average Bonchev–Trinajstić information content (AvgIpc) is 2.92. The van der Waals surface area contributed by atoms with Gasteiger partial charge in [0.05, 0.1) is 27.8 Å². The van der Waals surface area contributed by atoms with Gasteiger partial charge in [0.1, 0.15) is 5.75 Å². The molecule has 1 aliphatic heterocycles. The zero-order valence-electron chi connectivity index (χ0n) is 20.7. The zero-order valence-corrected chi connectivity index (χ0v) is 20.7. The average molecular weight is 453 g/mol. The highest BCUT2D eigenvalue weighted by Gasteiger charge is 2.18. The van der Waals surface area contributed by atoms with Gasteiger partial charge in [0.15, 0.2) is 11.5 Å². The van der Waals surface area contributed by atoms with E-state index >= 15 is 0 Å². The van der Waals surface area contributed by atoms with Gasteiger partial charge in [-0.05, 0) is 105 Å². The third kappa shape index (κ3) is 6.08. The monoisotopic (exact) mass is 452 g/mol. The van der Waals surface area contributed by atoms with Crippen LogP contribution in [0.5, 0.6) is 17.2 Å². The van der Waals surface area contributed by atoms with Crippen LogP contribution in [-0.4, -0.2) is 64.2 Å². The van der Waals surface area contributed by atoms with E-state index in [-0.39, 0.29) is 5.91 Å². The van der Waals surface area contributed by atoms with E-state index in [1.807, 2.05) is 44.3 Å². The van der Waals surface area contributed by atoms with Crippen molar-refractivity contribution in [1.29, 1.82) is 0 Å². The SMILES string of the molecule is COc1cc2c(cc1C)C=CN(CCCN(C)C)C(=O)C2.COc1cc2c(cc1OC)CC2. The fourth-order valence-corrected chi connectivity index (χ4v) is 4.08. The van der Waals surface area contributed by atoms with E-state index in [1.165, 1.54) is 24.0 Å². The van der Waals surface area contributed by atoms with Gasteiger partial charge in [-0.25, -0.2) is 0 Å². The molecule has 6 nitrogen and oxygen atoms in total. The number of carbonyl (C=O) groups excluding carboxylic acids is 1. The summed E-state index contributed by atoms with van der Waals surface area (Å²) in [6, 6.07) is 8.20. The Morgan fingerprint density at radius 3 is 1.97 bits per heavy atom. The number of methoxy groups -OCH3 is 3. The van der Waals surface area contributed by atoms with E-state index < -0.39 is 0 Å². The summed E-state index contributed by atoms with van der Waals surface area (Å²) < 4.78 is 15.7. The van der Waals surface area contributed by atoms with Crippen molar-refractivity contribution in [3.63, 3.8) is 0 Å². The highest BCUT2D eigenvalue weighted by molar-refractivity contribution is 5.84. The number of rotatable bonds is 7. The van der Waals surface area contributed by atoms with Gasteiger partial charge in [0.2, 0.25) is 5.91 Å². The Kier molecular flexibility index (Phi) is 8.39. The van der Waals surface area contributed by atoms with Crippen molar-refractivity contribution in [2.24, 2.45) is 0 Å². The summed E-state index contributed by atoms with van der Waals surface area (Å²) in [5, 5.41) is 0. The summed E-state index contributed by atoms with van der Waals surface area (Å²) in [6.45, 7) is 3.77. The normalized spacial score (nSPS) is 13.9. The van der Waals surface area contributed by atoms with E-state index in [4.69, 9.17) is 14.2 Å². The Labute approximate surface area is 197 Å². The molecule has 4 rings (SSSR count). The molecule has 1 heterocycles. The van der Waals surface area contributed by atoms with Gasteiger partial charge in [-0.15, -0.1) is 0 Å². The quantitative estimate of drug-likeness (QED) is 0.633. The van der Waals surface area contributed by atoms with Gasteiger partial charge >= 0.3 is 0 Å². The van der Waals surface area contributed by atoms with Crippen molar-refractivity contribution < 1.29 is 19.0 Å². The summed E-state index contributed by atoms with van der Waals surface area (Å²) in [6.07, 6.45) is 7.70. The first-order chi connectivity index (χ1) is 15.9. The minimum atomic E-state index is 0.148. The van der Waals surface area contributed by atoms with Gasteiger partial charge in [-0.3, -0.25) is 4.79 Å². The predicted molar refractivity (Wildman–Crippen MR) is 132 cm³/mol. The fraction of sp³-hybridized carbons (Fsp3) is 0.444. The molecule has 0 bridgehead atoms. The highest BCUT2D eigenvalue weighted by atomic mass is 16.5. The van der Waals surface area contributed by atoms with E-state index in [0.717, 1.165) is 53.4 Å². The molecule has 6 heteroatoms. The number of hydrogen-bond acceptors (Lipinski definition) is 5. The van der Waals surface area contributed by atoms with Crippen LogP contribution in [0.15, 0.2) is 30.5 Å². The zero-order chi connectivity index (χ0) is 24.0. The lowest BCUT2D eigenvalue weighted by Crippen LogP contribution is -2.29. The Balaban J connectivity index is 0.000000215. The molecule has 33 heavy (non-hydrogen) atoms. The number of fused-ring (bicyclic) bond motifs is 2. The molecule has 2 aromatic rings. The number of nitrogens with zero attached hydrogens (tertiary/aromatic N) is 2. The summed E-state index contributed by atoms with van der Waals surface area (Å²) in [4.78, 5) is 16.3. The maximum absolute atomic E-state index is 12.4. The lowest BCUT2D eigenvalue weighted by molar-refractivity contribution is -0.127. The molecular weight excluding hydrogens is 416 g/mol. The first-order valence-electron chi connectivity index (χ1n) is 11.4. The van der Waals surface area contributed by atoms with Gasteiger partial charge in [-0.1, -0.05) is 0 Å². The molecule has 0 spiro atoms. The summed E-state index contributed by atoms with van der Waals surface area (Å²) >= 11 is 0. The minimum absolute atomic E-state index is 0.148. The maximum Gasteiger partial charge on any atom is 0.230 e. The van der Waals surface area contributed by atoms with E-state index in [0.29, 0.717) is 6.42 Å². The Hall–Kier alpha value is -2.99. The third-order valence-electron chi connectivity index (χ3n) is 6.13. The van der Waals surface area contributed by atoms with Crippen LogP contribution in [0.2, 0.25) is 0 Å². The third-order valence-corrected chi connectivity index (χ3v) is 6.13. The molecule has 0 atom stereocenters. The molecule has 0 aromatic heterocycles. The fourth-order valence-electron chi connectivity index (χ4n) is 4.08. The van der Waals surface area contributed by atoms with Crippen molar-refractivity contribution in [2.45, 2.75) is 32.6 Å². The smallest absolute Gasteiger partial charge is 0.230 e. The van der Waals surface area contributed by atoms with Crippen LogP contribution in [0.3, 0.4) is 0 Å². The molecule has 0 unspecified atom stereocenters. The van der Waals surface area contributed by atoms with Gasteiger partial charge < -0.3 is 24.0 Å². The predicted octanol–water partition coefficient (Wildman–Crippen LogP) is 4.11. The second-order valence-corrected chi connectivity index (χ2v) is 8.73. The molecule has 1 aliphatic carbocycles. The Bertz CT molecular complexity index is 983. The van der Waals surface area contributed by atoms with Crippen molar-refractivity contribution in [3.8, 4) is 17.2 Å². The Morgan fingerprint density at radius 2 is 1.45 bits per heavy atom. The first kappa shape index (κ1) is 24.6. The molecule has 1 amide bonds. The standard InChI is InChI=1S/C17H24N2O2.C10H12O2/c1-13-10-14-6-9-19(8-5-7-18(2)3)17(20)12-15(14)11-16(13)21-4;1-11-9-5-7-3-4-8(7)6-10(9)12-2/h6,9-11H,5,7-8,12H2,1-4H3;5-6H,3-4H2,1-2H3. The number of aryl methyl sites for hydroxylation is 3. The summed E-state index contributed by atoms with van der Waals surface area (Å²) in [5.41, 5.74) is 6.03. The first-order valence-corrected chi connectivity index (χ1v) is 11.4. The van der Waals surface area contributed by atoms with Gasteiger partial charge in [0, 0.05) is 12.7 Å². The van der Waals surface area contributed by atoms with E-state index in [1.54, 1.807) is 21.3 Å². The maximum atomic E-state index is 12.4. The molecule has 0 saturated carbocycles. The number of amides is 1. The molecule has 0 N–H and O–H groups in total. The lowest BCUT2D eigenvalue weighted by Gasteiger charge is -2.20. The van der Waals surface area contributed by atoms with Gasteiger partial charge in [-0.2, -0.15) is 0 Å². The molecule has 2 aliphatic rings. The Morgan fingerprint density at radius 1 is 0.879 bits per heavy atom. The van der Waals surface area contributed by atoms with Crippen molar-refractivity contribution in [2.75, 3.05) is 48.5 Å². The van der Waals surface area contributed by atoms with Crippen LogP contribution in [0.1, 0.15) is 34.2 Å². The van der Waals surface area contributed by atoms with Gasteiger partial charge in [0.25, 0.3) is 0 Å². The number of carbonyl (C=O) groups is 1. The van der Waals surface area contributed by atoms with Crippen LogP contribution in [0.4, 0.5) is 0 Å². The van der Waals surface area contributed by atoms with E-state index in [2.05, 4.69) is 23.1 Å². The second kappa shape index (κ2) is 11.2. The molecule has 0 saturated heterocycles. The largest absolute Gasteiger partial charge is 0.496 e. The summed E-state index contributed by atoms with van der Waals surface area (Å²) in [5.74, 6) is 2.68. The lowest BCUT2D eigenvalue weighted by atomic mass is 9.88. The molecule has 178 valence electrons. The van der Waals surface area contributed by atoms with Crippen LogP contribution >= 0.6 is 0 Å². The van der Waals surface area contributed by atoms with Crippen LogP contribution < -0.4 is 14.2 Å². The molecule has 0 radical (unpaired) electrons. The topological polar surface area (TPSA) is 51.2 Å². The van der Waals surface area contributed by atoms with Crippen LogP contribution in [0, 0.1) is 6.92 Å². The number of ether oxygens (including phenoxy) is 3. The van der Waals surface area contributed by atoms with E-state index in [9.17, 15) is 4.79 Å².